The topological polar surface area (TPSA) is 52.7 Å². The van der Waals surface area contributed by atoms with E-state index in [2.05, 4.69) is 10.1 Å². The molecule has 0 N–H and O–H groups in total. The first-order chi connectivity index (χ1) is 7.16. The van der Waals surface area contributed by atoms with Crippen molar-refractivity contribution in [2.45, 2.75) is 13.5 Å². The van der Waals surface area contributed by atoms with Gasteiger partial charge in [-0.15, -0.1) is 0 Å². The van der Waals surface area contributed by atoms with Crippen LogP contribution in [0.2, 0.25) is 0 Å². The maximum Gasteiger partial charge on any atom is 0.161 e. The quantitative estimate of drug-likeness (QED) is 0.697. The first-order valence-electron chi connectivity index (χ1n) is 4.66. The second-order valence-corrected chi connectivity index (χ2v) is 3.43. The van der Waals surface area contributed by atoms with Gasteiger partial charge in [-0.1, -0.05) is 0 Å². The summed E-state index contributed by atoms with van der Waals surface area (Å²) in [6, 6.07) is 1.80. The Hall–Kier alpha value is -1.91. The highest BCUT2D eigenvalue weighted by atomic mass is 16.1. The van der Waals surface area contributed by atoms with Crippen LogP contribution in [0.25, 0.3) is 0 Å². The summed E-state index contributed by atoms with van der Waals surface area (Å²) in [5.74, 6) is 0.937. The molecule has 0 aliphatic rings. The number of hydrogen-bond donors (Lipinski definition) is 0. The van der Waals surface area contributed by atoms with Crippen LogP contribution in [0.4, 0.5) is 0 Å². The van der Waals surface area contributed by atoms with Crippen LogP contribution in [0, 0.1) is 0 Å². The summed E-state index contributed by atoms with van der Waals surface area (Å²) in [6.07, 6.45) is 5.20. The van der Waals surface area contributed by atoms with E-state index < -0.39 is 0 Å². The molecule has 15 heavy (non-hydrogen) atoms. The number of nitrogens with zero attached hydrogens (tertiary/aromatic N) is 4. The molecular formula is C10H12N4O. The van der Waals surface area contributed by atoms with Crippen molar-refractivity contribution in [2.24, 2.45) is 7.05 Å². The van der Waals surface area contributed by atoms with Gasteiger partial charge < -0.3 is 4.57 Å². The zero-order valence-corrected chi connectivity index (χ0v) is 8.71. The third-order valence-corrected chi connectivity index (χ3v) is 2.29. The van der Waals surface area contributed by atoms with E-state index in [1.165, 1.54) is 6.33 Å². The Morgan fingerprint density at radius 3 is 2.87 bits per heavy atom. The number of hydrogen-bond acceptors (Lipinski definition) is 3. The van der Waals surface area contributed by atoms with Gasteiger partial charge in [0.1, 0.15) is 12.2 Å². The SMILES string of the molecule is CC(=O)c1ccn(Cc2ncnn2C)c1. The number of ketones is 1. The van der Waals surface area contributed by atoms with Gasteiger partial charge in [-0.2, -0.15) is 5.10 Å². The van der Waals surface area contributed by atoms with Crippen molar-refractivity contribution in [1.29, 1.82) is 0 Å². The lowest BCUT2D eigenvalue weighted by molar-refractivity contribution is 0.101. The Kier molecular flexibility index (Phi) is 2.37. The van der Waals surface area contributed by atoms with Gasteiger partial charge in [-0.25, -0.2) is 4.98 Å². The predicted octanol–water partition coefficient (Wildman–Crippen LogP) is 0.867. The molecule has 0 aromatic carbocycles. The minimum absolute atomic E-state index is 0.0757. The molecule has 5 nitrogen and oxygen atoms in total. The third-order valence-electron chi connectivity index (χ3n) is 2.29. The first-order valence-corrected chi connectivity index (χ1v) is 4.66. The van der Waals surface area contributed by atoms with Gasteiger partial charge in [0, 0.05) is 25.0 Å². The fourth-order valence-electron chi connectivity index (χ4n) is 1.37. The van der Waals surface area contributed by atoms with Crippen LogP contribution in [0.3, 0.4) is 0 Å². The van der Waals surface area contributed by atoms with Gasteiger partial charge in [0.15, 0.2) is 5.78 Å². The molecule has 0 fully saturated rings. The van der Waals surface area contributed by atoms with Crippen molar-refractivity contribution < 1.29 is 4.79 Å². The lowest BCUT2D eigenvalue weighted by atomic mass is 10.2. The summed E-state index contributed by atoms with van der Waals surface area (Å²) >= 11 is 0. The van der Waals surface area contributed by atoms with Gasteiger partial charge in [-0.05, 0) is 13.0 Å². The highest BCUT2D eigenvalue weighted by molar-refractivity contribution is 5.93. The van der Waals surface area contributed by atoms with Crippen molar-refractivity contribution in [1.82, 2.24) is 19.3 Å². The molecule has 0 saturated carbocycles. The summed E-state index contributed by atoms with van der Waals surface area (Å²) < 4.78 is 3.63. The van der Waals surface area contributed by atoms with Crippen LogP contribution in [-0.2, 0) is 13.6 Å². The molecule has 2 rings (SSSR count). The lowest BCUT2D eigenvalue weighted by Crippen LogP contribution is -2.05. The van der Waals surface area contributed by atoms with E-state index in [0.717, 1.165) is 11.4 Å². The van der Waals surface area contributed by atoms with Crippen LogP contribution in [0.5, 0.6) is 0 Å². The average Bonchev–Trinajstić information content (AvgIpc) is 2.77. The minimum Gasteiger partial charge on any atom is -0.346 e. The molecule has 2 aromatic heterocycles. The van der Waals surface area contributed by atoms with Crippen LogP contribution in [0.1, 0.15) is 23.1 Å². The maximum absolute atomic E-state index is 11.1. The van der Waals surface area contributed by atoms with Crippen molar-refractivity contribution in [3.8, 4) is 0 Å². The standard InChI is InChI=1S/C10H12N4O/c1-8(15)9-3-4-14(5-9)6-10-11-7-12-13(10)2/h3-5,7H,6H2,1-2H3. The van der Waals surface area contributed by atoms with Gasteiger partial charge in [-0.3, -0.25) is 9.48 Å². The van der Waals surface area contributed by atoms with Crippen LogP contribution in [0.15, 0.2) is 24.8 Å². The number of aryl methyl sites for hydroxylation is 1. The summed E-state index contributed by atoms with van der Waals surface area (Å²) in [5.41, 5.74) is 0.720. The van der Waals surface area contributed by atoms with Crippen LogP contribution < -0.4 is 0 Å². The summed E-state index contributed by atoms with van der Waals surface area (Å²) in [7, 11) is 1.84. The van der Waals surface area contributed by atoms with E-state index in [1.54, 1.807) is 17.7 Å². The van der Waals surface area contributed by atoms with E-state index in [-0.39, 0.29) is 5.78 Å². The summed E-state index contributed by atoms with van der Waals surface area (Å²) in [5, 5.41) is 3.98. The molecule has 0 aliphatic heterocycles. The maximum atomic E-state index is 11.1. The fourth-order valence-corrected chi connectivity index (χ4v) is 1.37. The molecule has 0 atom stereocenters. The smallest absolute Gasteiger partial charge is 0.161 e. The normalized spacial score (nSPS) is 10.5. The van der Waals surface area contributed by atoms with Gasteiger partial charge in [0.2, 0.25) is 0 Å². The van der Waals surface area contributed by atoms with Crippen LogP contribution >= 0.6 is 0 Å². The van der Waals surface area contributed by atoms with Gasteiger partial charge >= 0.3 is 0 Å². The van der Waals surface area contributed by atoms with E-state index >= 15 is 0 Å². The Morgan fingerprint density at radius 2 is 2.33 bits per heavy atom. The molecule has 0 saturated heterocycles. The molecule has 0 spiro atoms. The molecule has 0 unspecified atom stereocenters. The van der Waals surface area contributed by atoms with Crippen molar-refractivity contribution in [3.05, 3.63) is 36.2 Å². The fraction of sp³-hybridized carbons (Fsp3) is 0.300. The highest BCUT2D eigenvalue weighted by Crippen LogP contribution is 2.04. The Balaban J connectivity index is 2.18. The number of carbonyl (C=O) groups excluding carboxylic acids is 1. The molecule has 0 bridgehead atoms. The number of rotatable bonds is 3. The number of carbonyl (C=O) groups is 1. The second kappa shape index (κ2) is 3.68. The molecule has 2 aromatic rings. The molecule has 0 aliphatic carbocycles. The predicted molar refractivity (Wildman–Crippen MR) is 54.5 cm³/mol. The minimum atomic E-state index is 0.0757. The van der Waals surface area contributed by atoms with E-state index in [9.17, 15) is 4.79 Å². The number of Topliss-reactive ketones (excluding diaryl/α,β-unsaturated/α-hetero) is 1. The lowest BCUT2D eigenvalue weighted by Gasteiger charge is -2.01. The third kappa shape index (κ3) is 1.96. The summed E-state index contributed by atoms with van der Waals surface area (Å²) in [4.78, 5) is 15.2. The van der Waals surface area contributed by atoms with E-state index in [1.807, 2.05) is 24.0 Å². The van der Waals surface area contributed by atoms with Gasteiger partial charge in [0.25, 0.3) is 0 Å². The largest absolute Gasteiger partial charge is 0.346 e. The highest BCUT2D eigenvalue weighted by Gasteiger charge is 2.04. The van der Waals surface area contributed by atoms with Crippen LogP contribution in [-0.4, -0.2) is 25.1 Å². The molecule has 78 valence electrons. The zero-order valence-electron chi connectivity index (χ0n) is 8.71. The van der Waals surface area contributed by atoms with Crippen molar-refractivity contribution in [2.75, 3.05) is 0 Å². The first kappa shape index (κ1) is 9.64. The van der Waals surface area contributed by atoms with E-state index in [0.29, 0.717) is 6.54 Å². The summed E-state index contributed by atoms with van der Waals surface area (Å²) in [6.45, 7) is 2.19. The van der Waals surface area contributed by atoms with Gasteiger partial charge in [0.05, 0.1) is 6.54 Å². The zero-order chi connectivity index (χ0) is 10.8. The molecule has 0 amide bonds. The Bertz CT molecular complexity index is 483. The van der Waals surface area contributed by atoms with Crippen molar-refractivity contribution >= 4 is 5.78 Å². The Morgan fingerprint density at radius 1 is 1.53 bits per heavy atom. The molecule has 5 heteroatoms. The second-order valence-electron chi connectivity index (χ2n) is 3.43. The van der Waals surface area contributed by atoms with Crippen molar-refractivity contribution in [3.63, 3.8) is 0 Å². The van der Waals surface area contributed by atoms with E-state index in [4.69, 9.17) is 0 Å². The molecule has 0 radical (unpaired) electrons. The molecule has 2 heterocycles. The number of aromatic nitrogens is 4. The monoisotopic (exact) mass is 204 g/mol. The molecular weight excluding hydrogens is 192 g/mol. The Labute approximate surface area is 87.4 Å². The average molecular weight is 204 g/mol.